The maximum atomic E-state index is 9.29. The number of nitrogens with zero attached hydrogens (tertiary/aromatic N) is 1. The highest BCUT2D eigenvalue weighted by Gasteiger charge is 2.04. The van der Waals surface area contributed by atoms with Crippen LogP contribution in [0.5, 0.6) is 0 Å². The van der Waals surface area contributed by atoms with E-state index < -0.39 is 6.10 Å². The zero-order chi connectivity index (χ0) is 9.68. The zero-order valence-corrected chi connectivity index (χ0v) is 9.56. The Kier molecular flexibility index (Phi) is 4.65. The van der Waals surface area contributed by atoms with Gasteiger partial charge in [-0.3, -0.25) is 0 Å². The number of rotatable bonds is 5. The highest BCUT2D eigenvalue weighted by molar-refractivity contribution is 9.10. The average molecular weight is 267 g/mol. The molecular formula is C7H11BrN2O2S. The van der Waals surface area contributed by atoms with Crippen LogP contribution in [-0.4, -0.2) is 36.5 Å². The molecule has 0 aliphatic rings. The molecule has 0 aliphatic heterocycles. The van der Waals surface area contributed by atoms with Crippen LogP contribution in [-0.2, 0) is 4.74 Å². The van der Waals surface area contributed by atoms with Crippen molar-refractivity contribution >= 4 is 32.4 Å². The van der Waals surface area contributed by atoms with Crippen molar-refractivity contribution in [3.8, 4) is 0 Å². The Morgan fingerprint density at radius 3 is 3.15 bits per heavy atom. The number of aromatic nitrogens is 1. The Balaban J connectivity index is 2.26. The first-order valence-corrected chi connectivity index (χ1v) is 5.41. The number of anilines is 1. The Hall–Kier alpha value is -0.170. The highest BCUT2D eigenvalue weighted by Crippen LogP contribution is 2.18. The second-order valence-corrected chi connectivity index (χ2v) is 4.14. The molecular weight excluding hydrogens is 256 g/mol. The summed E-state index contributed by atoms with van der Waals surface area (Å²) < 4.78 is 5.59. The Labute approximate surface area is 89.1 Å². The van der Waals surface area contributed by atoms with Crippen molar-refractivity contribution in [2.45, 2.75) is 6.10 Å². The van der Waals surface area contributed by atoms with E-state index in [1.165, 1.54) is 11.3 Å². The van der Waals surface area contributed by atoms with Crippen molar-refractivity contribution in [2.24, 2.45) is 0 Å². The van der Waals surface area contributed by atoms with Crippen molar-refractivity contribution in [1.82, 2.24) is 4.98 Å². The number of thiazole rings is 1. The number of aliphatic hydroxyl groups excluding tert-OH is 1. The predicted molar refractivity (Wildman–Crippen MR) is 56.2 cm³/mol. The minimum Gasteiger partial charge on any atom is -0.389 e. The first-order valence-electron chi connectivity index (χ1n) is 3.74. The summed E-state index contributed by atoms with van der Waals surface area (Å²) in [6.07, 6.45) is -0.493. The molecule has 0 saturated heterocycles. The SMILES string of the molecule is COCC(O)CNc1nc(Br)cs1. The van der Waals surface area contributed by atoms with Crippen molar-refractivity contribution in [1.29, 1.82) is 0 Å². The molecule has 1 aromatic heterocycles. The van der Waals surface area contributed by atoms with Gasteiger partial charge in [0.25, 0.3) is 0 Å². The van der Waals surface area contributed by atoms with Crippen LogP contribution in [0.15, 0.2) is 9.98 Å². The number of aliphatic hydroxyl groups is 1. The van der Waals surface area contributed by atoms with Crippen LogP contribution in [0.3, 0.4) is 0 Å². The molecule has 0 aliphatic carbocycles. The molecule has 1 atom stereocenters. The van der Waals surface area contributed by atoms with Gasteiger partial charge in [0.1, 0.15) is 4.60 Å². The fraction of sp³-hybridized carbons (Fsp3) is 0.571. The molecule has 0 spiro atoms. The van der Waals surface area contributed by atoms with Gasteiger partial charge in [-0.05, 0) is 15.9 Å². The number of nitrogens with one attached hydrogen (secondary N) is 1. The summed E-state index contributed by atoms with van der Waals surface area (Å²) in [5.74, 6) is 0. The molecule has 0 radical (unpaired) electrons. The van der Waals surface area contributed by atoms with E-state index in [-0.39, 0.29) is 0 Å². The monoisotopic (exact) mass is 266 g/mol. The Morgan fingerprint density at radius 2 is 2.62 bits per heavy atom. The lowest BCUT2D eigenvalue weighted by atomic mass is 10.4. The molecule has 1 unspecified atom stereocenters. The molecule has 1 rings (SSSR count). The summed E-state index contributed by atoms with van der Waals surface area (Å²) in [6.45, 7) is 0.785. The lowest BCUT2D eigenvalue weighted by Crippen LogP contribution is -2.24. The molecule has 0 bridgehead atoms. The third-order valence-corrected chi connectivity index (χ3v) is 2.83. The average Bonchev–Trinajstić information content (AvgIpc) is 2.49. The minimum atomic E-state index is -0.493. The van der Waals surface area contributed by atoms with Gasteiger partial charge in [0.2, 0.25) is 0 Å². The van der Waals surface area contributed by atoms with Gasteiger partial charge >= 0.3 is 0 Å². The van der Waals surface area contributed by atoms with Gasteiger partial charge in [-0.25, -0.2) is 4.98 Å². The molecule has 1 aromatic rings. The lowest BCUT2D eigenvalue weighted by Gasteiger charge is -2.08. The van der Waals surface area contributed by atoms with Crippen LogP contribution in [0.25, 0.3) is 0 Å². The van der Waals surface area contributed by atoms with E-state index >= 15 is 0 Å². The maximum absolute atomic E-state index is 9.29. The Bertz CT molecular complexity index is 256. The van der Waals surface area contributed by atoms with Gasteiger partial charge in [-0.1, -0.05) is 0 Å². The van der Waals surface area contributed by atoms with E-state index in [9.17, 15) is 5.11 Å². The fourth-order valence-electron chi connectivity index (χ4n) is 0.792. The molecule has 0 aromatic carbocycles. The second kappa shape index (κ2) is 5.54. The molecule has 1 heterocycles. The van der Waals surface area contributed by atoms with Gasteiger partial charge in [-0.15, -0.1) is 11.3 Å². The van der Waals surface area contributed by atoms with Crippen LogP contribution in [0.2, 0.25) is 0 Å². The van der Waals surface area contributed by atoms with Crippen LogP contribution in [0.1, 0.15) is 0 Å². The largest absolute Gasteiger partial charge is 0.389 e. The lowest BCUT2D eigenvalue weighted by molar-refractivity contribution is 0.0727. The molecule has 6 heteroatoms. The number of hydrogen-bond acceptors (Lipinski definition) is 5. The van der Waals surface area contributed by atoms with E-state index in [0.29, 0.717) is 13.2 Å². The number of hydrogen-bond donors (Lipinski definition) is 2. The number of halogens is 1. The van der Waals surface area contributed by atoms with Gasteiger partial charge in [0.05, 0.1) is 12.7 Å². The minimum absolute atomic E-state index is 0.333. The van der Waals surface area contributed by atoms with E-state index in [0.717, 1.165) is 9.73 Å². The summed E-state index contributed by atoms with van der Waals surface area (Å²) in [6, 6.07) is 0. The van der Waals surface area contributed by atoms with Gasteiger partial charge in [0.15, 0.2) is 5.13 Å². The third-order valence-electron chi connectivity index (χ3n) is 1.32. The summed E-state index contributed by atoms with van der Waals surface area (Å²) in [4.78, 5) is 4.11. The molecule has 0 fully saturated rings. The van der Waals surface area contributed by atoms with Crippen LogP contribution in [0.4, 0.5) is 5.13 Å². The summed E-state index contributed by atoms with van der Waals surface area (Å²) >= 11 is 4.73. The van der Waals surface area contributed by atoms with Gasteiger partial charge in [0, 0.05) is 19.0 Å². The van der Waals surface area contributed by atoms with Crippen LogP contribution in [0, 0.1) is 0 Å². The van der Waals surface area contributed by atoms with E-state index in [2.05, 4.69) is 26.2 Å². The summed E-state index contributed by atoms with van der Waals surface area (Å²) in [5, 5.41) is 15.0. The highest BCUT2D eigenvalue weighted by atomic mass is 79.9. The summed E-state index contributed by atoms with van der Waals surface area (Å²) in [7, 11) is 1.56. The number of ether oxygens (including phenoxy) is 1. The van der Waals surface area contributed by atoms with Gasteiger partial charge in [-0.2, -0.15) is 0 Å². The second-order valence-electron chi connectivity index (χ2n) is 2.47. The van der Waals surface area contributed by atoms with Crippen molar-refractivity contribution in [3.05, 3.63) is 9.98 Å². The smallest absolute Gasteiger partial charge is 0.183 e. The quantitative estimate of drug-likeness (QED) is 0.845. The van der Waals surface area contributed by atoms with E-state index in [1.54, 1.807) is 7.11 Å². The standard InChI is InChI=1S/C7H11BrN2O2S/c1-12-3-5(11)2-9-7-10-6(8)4-13-7/h4-5,11H,2-3H2,1H3,(H,9,10). The first-order chi connectivity index (χ1) is 6.22. The fourth-order valence-corrected chi connectivity index (χ4v) is 1.95. The molecule has 2 N–H and O–H groups in total. The molecule has 0 amide bonds. The molecule has 0 saturated carbocycles. The van der Waals surface area contributed by atoms with Crippen LogP contribution < -0.4 is 5.32 Å². The van der Waals surface area contributed by atoms with E-state index in [4.69, 9.17) is 4.74 Å². The van der Waals surface area contributed by atoms with Gasteiger partial charge < -0.3 is 15.2 Å². The first kappa shape index (κ1) is 10.9. The van der Waals surface area contributed by atoms with Crippen molar-refractivity contribution in [3.63, 3.8) is 0 Å². The normalized spacial score (nSPS) is 12.8. The summed E-state index contributed by atoms with van der Waals surface area (Å²) in [5.41, 5.74) is 0. The Morgan fingerprint density at radius 1 is 1.85 bits per heavy atom. The van der Waals surface area contributed by atoms with E-state index in [1.807, 2.05) is 5.38 Å². The van der Waals surface area contributed by atoms with Crippen molar-refractivity contribution < 1.29 is 9.84 Å². The molecule has 74 valence electrons. The maximum Gasteiger partial charge on any atom is 0.183 e. The van der Waals surface area contributed by atoms with Crippen LogP contribution >= 0.6 is 27.3 Å². The third kappa shape index (κ3) is 4.04. The number of methoxy groups -OCH3 is 1. The van der Waals surface area contributed by atoms with Crippen molar-refractivity contribution in [2.75, 3.05) is 25.6 Å². The zero-order valence-electron chi connectivity index (χ0n) is 7.16. The molecule has 4 nitrogen and oxygen atoms in total. The topological polar surface area (TPSA) is 54.4 Å². The predicted octanol–water partition coefficient (Wildman–Crippen LogP) is 1.32. The molecule has 13 heavy (non-hydrogen) atoms.